The van der Waals surface area contributed by atoms with Gasteiger partial charge in [-0.3, -0.25) is 20.2 Å². The van der Waals surface area contributed by atoms with E-state index in [1.54, 1.807) is 0 Å². The Morgan fingerprint density at radius 3 is 2.45 bits per heavy atom. The number of ether oxygens (including phenoxy) is 1. The number of carbonyl (C=O) groups is 1. The molecule has 0 radical (unpaired) electrons. The molecule has 1 saturated heterocycles. The molecule has 0 spiro atoms. The number of hydrogen-bond donors (Lipinski definition) is 4. The maximum Gasteiger partial charge on any atom is 0.217 e. The third-order valence-electron chi connectivity index (χ3n) is 7.24. The molecule has 6 N–H and O–H groups in total. The number of likely N-dealkylation sites (tertiary alicyclic amines) is 1. The monoisotopic (exact) mass is 511 g/mol. The van der Waals surface area contributed by atoms with Gasteiger partial charge in [0.1, 0.15) is 23.5 Å². The molecule has 1 amide bonds. The summed E-state index contributed by atoms with van der Waals surface area (Å²) in [6.07, 6.45) is 2.36. The van der Waals surface area contributed by atoms with Gasteiger partial charge in [0.25, 0.3) is 0 Å². The number of nitrogens with two attached hydrogens (primary N) is 2. The highest BCUT2D eigenvalue weighted by Crippen LogP contribution is 2.34. The van der Waals surface area contributed by atoms with E-state index >= 15 is 0 Å². The van der Waals surface area contributed by atoms with Gasteiger partial charge in [-0.25, -0.2) is 4.98 Å². The van der Waals surface area contributed by atoms with E-state index in [9.17, 15) is 4.79 Å². The zero-order valence-electron chi connectivity index (χ0n) is 21.8. The first-order valence-electron chi connectivity index (χ1n) is 12.9. The molecule has 0 saturated carbocycles. The Hall–Kier alpha value is -4.40. The number of aryl methyl sites for hydroxylation is 2. The molecule has 3 aromatic carbocycles. The molecule has 1 aliphatic heterocycles. The number of amides is 1. The fourth-order valence-corrected chi connectivity index (χ4v) is 5.32. The van der Waals surface area contributed by atoms with Crippen molar-refractivity contribution in [1.82, 2.24) is 14.5 Å². The second-order valence-electron chi connectivity index (χ2n) is 9.92. The van der Waals surface area contributed by atoms with Crippen molar-refractivity contribution in [2.75, 3.05) is 13.1 Å². The van der Waals surface area contributed by atoms with Crippen molar-refractivity contribution >= 4 is 39.4 Å². The Labute approximate surface area is 221 Å². The van der Waals surface area contributed by atoms with Crippen molar-refractivity contribution in [1.29, 1.82) is 10.8 Å². The Kier molecular flexibility index (Phi) is 6.75. The average Bonchev–Trinajstić information content (AvgIpc) is 3.25. The number of nitrogen functional groups attached to an aromatic ring is 1. The lowest BCUT2D eigenvalue weighted by Gasteiger charge is -2.32. The van der Waals surface area contributed by atoms with Crippen molar-refractivity contribution < 1.29 is 9.53 Å². The molecular formula is C29H33N7O2. The van der Waals surface area contributed by atoms with Crippen LogP contribution in [0.3, 0.4) is 0 Å². The largest absolute Gasteiger partial charge is 0.490 e. The number of amidine groups is 2. The van der Waals surface area contributed by atoms with E-state index < -0.39 is 0 Å². The number of hydrogen-bond acceptors (Lipinski definition) is 5. The topological polar surface area (TPSA) is 147 Å². The molecule has 0 unspecified atom stereocenters. The highest BCUT2D eigenvalue weighted by molar-refractivity contribution is 6.10. The maximum absolute atomic E-state index is 11.7. The summed E-state index contributed by atoms with van der Waals surface area (Å²) in [6.45, 7) is 5.46. The zero-order valence-corrected chi connectivity index (χ0v) is 21.8. The van der Waals surface area contributed by atoms with Crippen LogP contribution in [0.4, 0.5) is 0 Å². The number of nitrogens with zero attached hydrogens (tertiary/aromatic N) is 3. The minimum absolute atomic E-state index is 0.00739. The van der Waals surface area contributed by atoms with Gasteiger partial charge in [-0.2, -0.15) is 0 Å². The quantitative estimate of drug-likeness (QED) is 0.218. The Morgan fingerprint density at radius 1 is 1.08 bits per heavy atom. The molecule has 4 aromatic rings. The minimum Gasteiger partial charge on any atom is -0.490 e. The SMILES string of the molecule is CC(=N)N1CCC(Oc2cc(C)c3nc(CCC(N)=O)n(-c4ccc(C(=N)N)c5ccccc45)c3c2)CC1. The lowest BCUT2D eigenvalue weighted by molar-refractivity contribution is -0.118. The Balaban J connectivity index is 1.63. The number of carbonyl (C=O) groups excluding carboxylic acids is 1. The minimum atomic E-state index is -0.382. The molecule has 196 valence electrons. The summed E-state index contributed by atoms with van der Waals surface area (Å²) in [7, 11) is 0. The molecule has 38 heavy (non-hydrogen) atoms. The van der Waals surface area contributed by atoms with Crippen molar-refractivity contribution in [3.8, 4) is 11.4 Å². The van der Waals surface area contributed by atoms with Crippen LogP contribution in [0.25, 0.3) is 27.5 Å². The summed E-state index contributed by atoms with van der Waals surface area (Å²) in [5, 5.41) is 17.7. The van der Waals surface area contributed by atoms with Gasteiger partial charge in [0, 0.05) is 55.8 Å². The van der Waals surface area contributed by atoms with E-state index in [0.717, 1.165) is 70.6 Å². The average molecular weight is 512 g/mol. The van der Waals surface area contributed by atoms with Crippen LogP contribution in [0.15, 0.2) is 48.5 Å². The van der Waals surface area contributed by atoms with Crippen LogP contribution in [0.2, 0.25) is 0 Å². The predicted molar refractivity (Wildman–Crippen MR) is 150 cm³/mol. The van der Waals surface area contributed by atoms with Crippen molar-refractivity contribution in [2.45, 2.75) is 45.6 Å². The molecular weight excluding hydrogens is 478 g/mol. The fraction of sp³-hybridized carbons (Fsp3) is 0.310. The molecule has 0 aliphatic carbocycles. The van der Waals surface area contributed by atoms with Gasteiger partial charge in [0.2, 0.25) is 5.91 Å². The molecule has 0 atom stereocenters. The Morgan fingerprint density at radius 2 is 1.79 bits per heavy atom. The first kappa shape index (κ1) is 25.3. The maximum atomic E-state index is 11.7. The summed E-state index contributed by atoms with van der Waals surface area (Å²) in [6, 6.07) is 15.7. The summed E-state index contributed by atoms with van der Waals surface area (Å²) >= 11 is 0. The molecule has 1 aromatic heterocycles. The summed E-state index contributed by atoms with van der Waals surface area (Å²) in [5.74, 6) is 1.72. The standard InChI is InChI=1S/C29H33N7O2/c1-17-15-20(38-19-11-13-35(14-12-19)18(2)30)16-25-28(17)34-27(10-9-26(31)37)36(25)24-8-7-23(29(32)33)21-5-3-4-6-22(21)24/h3-8,15-16,19,30H,9-14H2,1-2H3,(H2,31,37)(H3,32,33). The van der Waals surface area contributed by atoms with E-state index in [1.807, 2.05) is 62.4 Å². The van der Waals surface area contributed by atoms with Gasteiger partial charge >= 0.3 is 0 Å². The van der Waals surface area contributed by atoms with Gasteiger partial charge < -0.3 is 21.1 Å². The van der Waals surface area contributed by atoms with Crippen LogP contribution in [-0.2, 0) is 11.2 Å². The summed E-state index contributed by atoms with van der Waals surface area (Å²) in [4.78, 5) is 18.7. The van der Waals surface area contributed by atoms with E-state index in [1.165, 1.54) is 0 Å². The molecule has 1 fully saturated rings. The van der Waals surface area contributed by atoms with Crippen LogP contribution in [0, 0.1) is 17.7 Å². The molecule has 9 heteroatoms. The van der Waals surface area contributed by atoms with Gasteiger partial charge in [-0.05, 0) is 43.0 Å². The normalized spacial score (nSPS) is 14.2. The van der Waals surface area contributed by atoms with Crippen LogP contribution < -0.4 is 16.2 Å². The number of benzene rings is 3. The van der Waals surface area contributed by atoms with Crippen molar-refractivity contribution in [3.63, 3.8) is 0 Å². The number of rotatable bonds is 7. The first-order chi connectivity index (χ1) is 18.2. The number of fused-ring (bicyclic) bond motifs is 2. The van der Waals surface area contributed by atoms with Crippen molar-refractivity contribution in [2.24, 2.45) is 11.5 Å². The van der Waals surface area contributed by atoms with E-state index in [0.29, 0.717) is 17.8 Å². The van der Waals surface area contributed by atoms with Gasteiger partial charge in [0.05, 0.1) is 22.6 Å². The Bertz CT molecular complexity index is 1560. The van der Waals surface area contributed by atoms with Gasteiger partial charge in [-0.1, -0.05) is 24.3 Å². The lowest BCUT2D eigenvalue weighted by atomic mass is 10.0. The van der Waals surface area contributed by atoms with Crippen LogP contribution in [0.1, 0.15) is 43.1 Å². The zero-order chi connectivity index (χ0) is 27.0. The first-order valence-corrected chi connectivity index (χ1v) is 12.9. The molecule has 2 heterocycles. The smallest absolute Gasteiger partial charge is 0.217 e. The summed E-state index contributed by atoms with van der Waals surface area (Å²) in [5.41, 5.74) is 15.6. The molecule has 1 aliphatic rings. The number of imidazole rings is 1. The van der Waals surface area contributed by atoms with Crippen LogP contribution >= 0.6 is 0 Å². The summed E-state index contributed by atoms with van der Waals surface area (Å²) < 4.78 is 8.53. The van der Waals surface area contributed by atoms with E-state index in [-0.39, 0.29) is 24.3 Å². The van der Waals surface area contributed by atoms with Crippen molar-refractivity contribution in [3.05, 3.63) is 65.5 Å². The van der Waals surface area contributed by atoms with Gasteiger partial charge in [0.15, 0.2) is 0 Å². The number of nitrogens with one attached hydrogen (secondary N) is 2. The number of primary amides is 1. The number of aromatic nitrogens is 2. The van der Waals surface area contributed by atoms with Gasteiger partial charge in [-0.15, -0.1) is 0 Å². The molecule has 0 bridgehead atoms. The van der Waals surface area contributed by atoms with Crippen LogP contribution in [-0.4, -0.2) is 51.2 Å². The third-order valence-corrected chi connectivity index (χ3v) is 7.24. The highest BCUT2D eigenvalue weighted by Gasteiger charge is 2.23. The number of piperidine rings is 1. The second kappa shape index (κ2) is 10.2. The lowest BCUT2D eigenvalue weighted by Crippen LogP contribution is -2.40. The highest BCUT2D eigenvalue weighted by atomic mass is 16.5. The molecule has 9 nitrogen and oxygen atoms in total. The van der Waals surface area contributed by atoms with E-state index in [2.05, 4.69) is 9.47 Å². The molecule has 5 rings (SSSR count). The third kappa shape index (κ3) is 4.79. The van der Waals surface area contributed by atoms with E-state index in [4.69, 9.17) is 32.0 Å². The second-order valence-corrected chi connectivity index (χ2v) is 9.92. The van der Waals surface area contributed by atoms with Crippen LogP contribution in [0.5, 0.6) is 5.75 Å². The fourth-order valence-electron chi connectivity index (χ4n) is 5.32. The predicted octanol–water partition coefficient (Wildman–Crippen LogP) is 4.03.